The van der Waals surface area contributed by atoms with Crippen LogP contribution in [0.2, 0.25) is 0 Å². The molecule has 1 aromatic carbocycles. The van der Waals surface area contributed by atoms with E-state index in [0.717, 1.165) is 6.07 Å². The number of amides is 1. The summed E-state index contributed by atoms with van der Waals surface area (Å²) in [4.78, 5) is 13.0. The molecule has 2 N–H and O–H groups in total. The van der Waals surface area contributed by atoms with Crippen LogP contribution in [0.1, 0.15) is 35.3 Å². The van der Waals surface area contributed by atoms with Crippen LogP contribution in [0.15, 0.2) is 18.2 Å². The zero-order valence-electron chi connectivity index (χ0n) is 12.5. The number of alkyl halides is 3. The standard InChI is InChI=1S/C15H19F3N2O2/c1-9-6-20(7-10(2)22-9)8-12-4-3-11(14(19)21)5-13(12)15(16,17)18/h3-5,9-10H,6-8H2,1-2H3,(H2,19,21)/t9-,10+. The molecule has 22 heavy (non-hydrogen) atoms. The number of nitrogens with two attached hydrogens (primary N) is 1. The molecule has 0 unspecified atom stereocenters. The summed E-state index contributed by atoms with van der Waals surface area (Å²) < 4.78 is 45.2. The van der Waals surface area contributed by atoms with Crippen molar-refractivity contribution in [2.45, 2.75) is 38.8 Å². The second kappa shape index (κ2) is 6.26. The van der Waals surface area contributed by atoms with Crippen molar-refractivity contribution in [3.05, 3.63) is 34.9 Å². The minimum atomic E-state index is -4.52. The summed E-state index contributed by atoms with van der Waals surface area (Å²) in [6, 6.07) is 3.49. The number of benzene rings is 1. The first-order chi connectivity index (χ1) is 10.2. The zero-order valence-corrected chi connectivity index (χ0v) is 12.5. The Morgan fingerprint density at radius 3 is 2.41 bits per heavy atom. The van der Waals surface area contributed by atoms with Gasteiger partial charge in [-0.1, -0.05) is 6.07 Å². The molecule has 1 aliphatic heterocycles. The molecule has 0 radical (unpaired) electrons. The Labute approximate surface area is 127 Å². The minimum Gasteiger partial charge on any atom is -0.373 e. The lowest BCUT2D eigenvalue weighted by Gasteiger charge is -2.35. The van der Waals surface area contributed by atoms with Gasteiger partial charge in [0, 0.05) is 25.2 Å². The van der Waals surface area contributed by atoms with Crippen LogP contribution >= 0.6 is 0 Å². The number of morpholine rings is 1. The number of carbonyl (C=O) groups is 1. The largest absolute Gasteiger partial charge is 0.416 e. The van der Waals surface area contributed by atoms with Gasteiger partial charge in [-0.2, -0.15) is 13.2 Å². The number of halogens is 3. The predicted molar refractivity (Wildman–Crippen MR) is 75.2 cm³/mol. The van der Waals surface area contributed by atoms with E-state index in [1.54, 1.807) is 0 Å². The molecule has 0 spiro atoms. The lowest BCUT2D eigenvalue weighted by Crippen LogP contribution is -2.45. The summed E-state index contributed by atoms with van der Waals surface area (Å²) in [5.41, 5.74) is 4.25. The van der Waals surface area contributed by atoms with Crippen LogP contribution in [-0.2, 0) is 17.5 Å². The Hall–Kier alpha value is -1.60. The van der Waals surface area contributed by atoms with Gasteiger partial charge in [-0.25, -0.2) is 0 Å². The highest BCUT2D eigenvalue weighted by molar-refractivity contribution is 5.93. The van der Waals surface area contributed by atoms with Crippen molar-refractivity contribution in [1.29, 1.82) is 0 Å². The van der Waals surface area contributed by atoms with Gasteiger partial charge in [0.05, 0.1) is 17.8 Å². The maximum absolute atomic E-state index is 13.2. The molecule has 2 rings (SSSR count). The Bertz CT molecular complexity index is 550. The molecular formula is C15H19F3N2O2. The van der Waals surface area contributed by atoms with E-state index in [1.165, 1.54) is 12.1 Å². The molecule has 0 aromatic heterocycles. The van der Waals surface area contributed by atoms with Crippen LogP contribution in [0.5, 0.6) is 0 Å². The van der Waals surface area contributed by atoms with Crippen LogP contribution in [0.3, 0.4) is 0 Å². The van der Waals surface area contributed by atoms with E-state index in [2.05, 4.69) is 0 Å². The number of hydrogen-bond donors (Lipinski definition) is 1. The minimum absolute atomic E-state index is 0.0250. The van der Waals surface area contributed by atoms with Crippen molar-refractivity contribution in [2.24, 2.45) is 5.73 Å². The van der Waals surface area contributed by atoms with Crippen molar-refractivity contribution in [2.75, 3.05) is 13.1 Å². The summed E-state index contributed by atoms with van der Waals surface area (Å²) in [6.07, 6.45) is -4.57. The van der Waals surface area contributed by atoms with E-state index in [0.29, 0.717) is 13.1 Å². The van der Waals surface area contributed by atoms with Gasteiger partial charge < -0.3 is 10.5 Å². The van der Waals surface area contributed by atoms with Gasteiger partial charge in [0.2, 0.25) is 5.91 Å². The van der Waals surface area contributed by atoms with E-state index in [4.69, 9.17) is 10.5 Å². The quantitative estimate of drug-likeness (QED) is 0.932. The second-order valence-electron chi connectivity index (χ2n) is 5.69. The molecule has 122 valence electrons. The molecule has 0 aliphatic carbocycles. The van der Waals surface area contributed by atoms with Crippen molar-refractivity contribution in [3.8, 4) is 0 Å². The predicted octanol–water partition coefficient (Wildman–Crippen LogP) is 2.41. The van der Waals surface area contributed by atoms with Gasteiger partial charge in [-0.05, 0) is 31.5 Å². The number of carbonyl (C=O) groups excluding carboxylic acids is 1. The average molecular weight is 316 g/mol. The van der Waals surface area contributed by atoms with Crippen molar-refractivity contribution in [1.82, 2.24) is 4.90 Å². The summed E-state index contributed by atoms with van der Waals surface area (Å²) in [5, 5.41) is 0. The van der Waals surface area contributed by atoms with E-state index < -0.39 is 17.6 Å². The van der Waals surface area contributed by atoms with E-state index in [9.17, 15) is 18.0 Å². The third kappa shape index (κ3) is 3.98. The molecule has 1 amide bonds. The van der Waals surface area contributed by atoms with E-state index in [-0.39, 0.29) is 29.9 Å². The third-order valence-corrected chi connectivity index (χ3v) is 3.59. The maximum Gasteiger partial charge on any atom is 0.416 e. The van der Waals surface area contributed by atoms with Crippen molar-refractivity contribution < 1.29 is 22.7 Å². The summed E-state index contributed by atoms with van der Waals surface area (Å²) >= 11 is 0. The maximum atomic E-state index is 13.2. The van der Waals surface area contributed by atoms with Crippen LogP contribution in [0.4, 0.5) is 13.2 Å². The molecule has 1 aliphatic rings. The molecule has 4 nitrogen and oxygen atoms in total. The van der Waals surface area contributed by atoms with E-state index in [1.807, 2.05) is 18.7 Å². The first-order valence-electron chi connectivity index (χ1n) is 7.04. The second-order valence-corrected chi connectivity index (χ2v) is 5.69. The highest BCUT2D eigenvalue weighted by Gasteiger charge is 2.35. The molecule has 0 bridgehead atoms. The Kier molecular flexibility index (Phi) is 4.77. The molecule has 1 aromatic rings. The first kappa shape index (κ1) is 16.8. The first-order valence-corrected chi connectivity index (χ1v) is 7.04. The summed E-state index contributed by atoms with van der Waals surface area (Å²) in [5.74, 6) is -0.870. The molecule has 1 saturated heterocycles. The number of rotatable bonds is 3. The van der Waals surface area contributed by atoms with Crippen LogP contribution in [0, 0.1) is 0 Å². The third-order valence-electron chi connectivity index (χ3n) is 3.59. The highest BCUT2D eigenvalue weighted by Crippen LogP contribution is 2.33. The Morgan fingerprint density at radius 2 is 1.91 bits per heavy atom. The van der Waals surface area contributed by atoms with Gasteiger partial charge in [0.1, 0.15) is 0 Å². The zero-order chi connectivity index (χ0) is 16.5. The van der Waals surface area contributed by atoms with Crippen LogP contribution < -0.4 is 5.73 Å². The molecule has 7 heteroatoms. The topological polar surface area (TPSA) is 55.6 Å². The van der Waals surface area contributed by atoms with Crippen LogP contribution in [-0.4, -0.2) is 36.1 Å². The Morgan fingerprint density at radius 1 is 1.32 bits per heavy atom. The fraction of sp³-hybridized carbons (Fsp3) is 0.533. The molecule has 1 heterocycles. The fourth-order valence-corrected chi connectivity index (χ4v) is 2.79. The number of hydrogen-bond acceptors (Lipinski definition) is 3. The number of primary amides is 1. The lowest BCUT2D eigenvalue weighted by atomic mass is 10.0. The summed E-state index contributed by atoms with van der Waals surface area (Å²) in [6.45, 7) is 5.08. The van der Waals surface area contributed by atoms with Crippen LogP contribution in [0.25, 0.3) is 0 Å². The van der Waals surface area contributed by atoms with Crippen molar-refractivity contribution in [3.63, 3.8) is 0 Å². The van der Waals surface area contributed by atoms with Crippen molar-refractivity contribution >= 4 is 5.91 Å². The van der Waals surface area contributed by atoms with Gasteiger partial charge in [-0.3, -0.25) is 9.69 Å². The van der Waals surface area contributed by atoms with Gasteiger partial charge in [0.15, 0.2) is 0 Å². The average Bonchev–Trinajstić information content (AvgIpc) is 2.36. The monoisotopic (exact) mass is 316 g/mol. The normalized spacial score (nSPS) is 23.5. The molecule has 2 atom stereocenters. The number of nitrogens with zero attached hydrogens (tertiary/aromatic N) is 1. The SMILES string of the molecule is C[C@@H]1CN(Cc2ccc(C(N)=O)cc2C(F)(F)F)C[C@H](C)O1. The van der Waals surface area contributed by atoms with Gasteiger partial charge in [-0.15, -0.1) is 0 Å². The molecule has 0 saturated carbocycles. The summed E-state index contributed by atoms with van der Waals surface area (Å²) in [7, 11) is 0. The fourth-order valence-electron chi connectivity index (χ4n) is 2.79. The lowest BCUT2D eigenvalue weighted by molar-refractivity contribution is -0.138. The van der Waals surface area contributed by atoms with E-state index >= 15 is 0 Å². The number of ether oxygens (including phenoxy) is 1. The van der Waals surface area contributed by atoms with Gasteiger partial charge >= 0.3 is 6.18 Å². The molecule has 1 fully saturated rings. The molecular weight excluding hydrogens is 297 g/mol. The highest BCUT2D eigenvalue weighted by atomic mass is 19.4. The van der Waals surface area contributed by atoms with Gasteiger partial charge in [0.25, 0.3) is 0 Å². The Balaban J connectivity index is 2.28. The smallest absolute Gasteiger partial charge is 0.373 e.